The lowest BCUT2D eigenvalue weighted by Gasteiger charge is -2.19. The number of benzene rings is 1. The van der Waals surface area contributed by atoms with Gasteiger partial charge in [0.15, 0.2) is 0 Å². The van der Waals surface area contributed by atoms with Crippen LogP contribution in [-0.2, 0) is 0 Å². The maximum absolute atomic E-state index is 4.81. The number of nitrogens with zero attached hydrogens (tertiary/aromatic N) is 2. The molecule has 0 saturated heterocycles. The molecule has 2 aromatic heterocycles. The Kier molecular flexibility index (Phi) is 9.64. The number of fused-ring (bicyclic) bond motifs is 1. The Balaban J connectivity index is 0.00000156. The standard InChI is InChI=1S/C19H23N3S.2BrH/c1-3-22(4-2)12-11-20-17-14-18(19-10-7-13-23-19)21-16-9-6-5-8-15(16)17;;/h5-10,13-14H,3-4,11-12H2,1-2H3,(H,20,21);2*1H. The number of aromatic nitrogens is 1. The van der Waals surface area contributed by atoms with Crippen molar-refractivity contribution in [2.24, 2.45) is 0 Å². The molecule has 3 rings (SSSR count). The Bertz CT molecular complexity index is 758. The minimum Gasteiger partial charge on any atom is -0.383 e. The smallest absolute Gasteiger partial charge is 0.0829 e. The second kappa shape index (κ2) is 10.9. The van der Waals surface area contributed by atoms with E-state index in [1.807, 2.05) is 6.07 Å². The molecule has 0 atom stereocenters. The quantitative estimate of drug-likeness (QED) is 0.452. The molecule has 0 spiro atoms. The average Bonchev–Trinajstić information content (AvgIpc) is 3.13. The Morgan fingerprint density at radius 3 is 2.48 bits per heavy atom. The number of nitrogens with one attached hydrogen (secondary N) is 1. The minimum absolute atomic E-state index is 0. The molecular weight excluding hydrogens is 462 g/mol. The Labute approximate surface area is 175 Å². The van der Waals surface area contributed by atoms with Gasteiger partial charge in [-0.2, -0.15) is 0 Å². The van der Waals surface area contributed by atoms with Crippen molar-refractivity contribution >= 4 is 61.9 Å². The van der Waals surface area contributed by atoms with E-state index in [1.54, 1.807) is 11.3 Å². The topological polar surface area (TPSA) is 28.2 Å². The maximum Gasteiger partial charge on any atom is 0.0829 e. The third-order valence-corrected chi connectivity index (χ3v) is 5.02. The van der Waals surface area contributed by atoms with Crippen molar-refractivity contribution in [3.8, 4) is 10.6 Å². The lowest BCUT2D eigenvalue weighted by atomic mass is 10.1. The zero-order chi connectivity index (χ0) is 16.1. The largest absolute Gasteiger partial charge is 0.383 e. The number of halogens is 2. The van der Waals surface area contributed by atoms with Gasteiger partial charge in [-0.15, -0.1) is 45.3 Å². The lowest BCUT2D eigenvalue weighted by Crippen LogP contribution is -2.28. The van der Waals surface area contributed by atoms with Gasteiger partial charge in [-0.1, -0.05) is 38.1 Å². The molecule has 0 fully saturated rings. The summed E-state index contributed by atoms with van der Waals surface area (Å²) < 4.78 is 0. The Hall–Kier alpha value is -0.950. The van der Waals surface area contributed by atoms with Crippen LogP contribution in [0.3, 0.4) is 0 Å². The minimum atomic E-state index is 0. The van der Waals surface area contributed by atoms with Crippen LogP contribution in [0.15, 0.2) is 47.8 Å². The summed E-state index contributed by atoms with van der Waals surface area (Å²) in [5.41, 5.74) is 3.26. The maximum atomic E-state index is 4.81. The van der Waals surface area contributed by atoms with E-state index in [1.165, 1.54) is 16.0 Å². The number of thiophene rings is 1. The molecule has 0 aliphatic rings. The third kappa shape index (κ3) is 5.51. The van der Waals surface area contributed by atoms with Gasteiger partial charge < -0.3 is 10.2 Å². The molecule has 2 heterocycles. The van der Waals surface area contributed by atoms with Gasteiger partial charge in [-0.3, -0.25) is 0 Å². The first-order valence-electron chi connectivity index (χ1n) is 8.21. The summed E-state index contributed by atoms with van der Waals surface area (Å²) >= 11 is 1.73. The number of para-hydroxylation sites is 1. The molecule has 3 nitrogen and oxygen atoms in total. The summed E-state index contributed by atoms with van der Waals surface area (Å²) in [7, 11) is 0. The van der Waals surface area contributed by atoms with Gasteiger partial charge >= 0.3 is 0 Å². The molecule has 0 radical (unpaired) electrons. The highest BCUT2D eigenvalue weighted by Gasteiger charge is 2.08. The fourth-order valence-corrected chi connectivity index (χ4v) is 3.45. The monoisotopic (exact) mass is 485 g/mol. The number of likely N-dealkylation sites (N-methyl/N-ethyl adjacent to an activating group) is 1. The summed E-state index contributed by atoms with van der Waals surface area (Å²) in [6.07, 6.45) is 0. The van der Waals surface area contributed by atoms with Gasteiger partial charge in [0.2, 0.25) is 0 Å². The zero-order valence-electron chi connectivity index (χ0n) is 14.6. The van der Waals surface area contributed by atoms with Gasteiger partial charge in [-0.05, 0) is 36.7 Å². The highest BCUT2D eigenvalue weighted by molar-refractivity contribution is 8.93. The molecule has 0 bridgehead atoms. The molecule has 6 heteroatoms. The van der Waals surface area contributed by atoms with Crippen LogP contribution in [0.2, 0.25) is 0 Å². The number of hydrogen-bond donors (Lipinski definition) is 1. The van der Waals surface area contributed by atoms with E-state index >= 15 is 0 Å². The first kappa shape index (κ1) is 22.1. The normalized spacial score (nSPS) is 10.4. The van der Waals surface area contributed by atoms with Gasteiger partial charge in [0.05, 0.1) is 16.1 Å². The van der Waals surface area contributed by atoms with Crippen LogP contribution in [0.1, 0.15) is 13.8 Å². The van der Waals surface area contributed by atoms with Crippen molar-refractivity contribution in [1.29, 1.82) is 0 Å². The molecule has 0 saturated carbocycles. The summed E-state index contributed by atoms with van der Waals surface area (Å²) in [5.74, 6) is 0. The molecule has 25 heavy (non-hydrogen) atoms. The Morgan fingerprint density at radius 1 is 1.04 bits per heavy atom. The van der Waals surface area contributed by atoms with Gasteiger partial charge in [0.1, 0.15) is 0 Å². The van der Waals surface area contributed by atoms with E-state index in [-0.39, 0.29) is 34.0 Å². The number of anilines is 1. The van der Waals surface area contributed by atoms with Crippen LogP contribution >= 0.6 is 45.3 Å². The van der Waals surface area contributed by atoms with Crippen molar-refractivity contribution < 1.29 is 0 Å². The van der Waals surface area contributed by atoms with Crippen molar-refractivity contribution in [2.75, 3.05) is 31.5 Å². The van der Waals surface area contributed by atoms with E-state index in [0.29, 0.717) is 0 Å². The fraction of sp³-hybridized carbons (Fsp3) is 0.316. The Morgan fingerprint density at radius 2 is 1.80 bits per heavy atom. The van der Waals surface area contributed by atoms with Crippen LogP contribution in [0.25, 0.3) is 21.5 Å². The van der Waals surface area contributed by atoms with Gasteiger partial charge in [0, 0.05) is 24.2 Å². The van der Waals surface area contributed by atoms with Crippen LogP contribution in [0.5, 0.6) is 0 Å². The first-order chi connectivity index (χ1) is 11.3. The lowest BCUT2D eigenvalue weighted by molar-refractivity contribution is 0.316. The van der Waals surface area contributed by atoms with Crippen molar-refractivity contribution in [3.05, 3.63) is 47.8 Å². The second-order valence-electron chi connectivity index (χ2n) is 5.50. The predicted octanol–water partition coefficient (Wildman–Crippen LogP) is 5.87. The molecule has 0 amide bonds. The molecule has 0 aliphatic heterocycles. The van der Waals surface area contributed by atoms with Crippen LogP contribution in [0, 0.1) is 0 Å². The molecule has 3 aromatic rings. The number of pyridine rings is 1. The molecule has 1 aromatic carbocycles. The molecular formula is C19H25Br2N3S. The van der Waals surface area contributed by atoms with E-state index in [4.69, 9.17) is 4.98 Å². The van der Waals surface area contributed by atoms with E-state index in [9.17, 15) is 0 Å². The van der Waals surface area contributed by atoms with Gasteiger partial charge in [0.25, 0.3) is 0 Å². The fourth-order valence-electron chi connectivity index (χ4n) is 2.76. The van der Waals surface area contributed by atoms with Crippen molar-refractivity contribution in [3.63, 3.8) is 0 Å². The average molecular weight is 487 g/mol. The van der Waals surface area contributed by atoms with E-state index < -0.39 is 0 Å². The zero-order valence-corrected chi connectivity index (χ0v) is 18.8. The van der Waals surface area contributed by atoms with Crippen molar-refractivity contribution in [2.45, 2.75) is 13.8 Å². The van der Waals surface area contributed by atoms with E-state index in [0.717, 1.165) is 37.4 Å². The van der Waals surface area contributed by atoms with Crippen LogP contribution in [-0.4, -0.2) is 36.1 Å². The summed E-state index contributed by atoms with van der Waals surface area (Å²) in [6.45, 7) is 8.60. The number of rotatable bonds is 7. The molecule has 0 unspecified atom stereocenters. The summed E-state index contributed by atoms with van der Waals surface area (Å²) in [5, 5.41) is 6.90. The summed E-state index contributed by atoms with van der Waals surface area (Å²) in [6, 6.07) is 14.7. The van der Waals surface area contributed by atoms with Crippen LogP contribution < -0.4 is 5.32 Å². The third-order valence-electron chi connectivity index (χ3n) is 4.13. The SMILES string of the molecule is Br.Br.CCN(CC)CCNc1cc(-c2cccs2)nc2ccccc12. The highest BCUT2D eigenvalue weighted by atomic mass is 79.9. The summed E-state index contributed by atoms with van der Waals surface area (Å²) in [4.78, 5) is 8.45. The molecule has 1 N–H and O–H groups in total. The molecule has 0 aliphatic carbocycles. The van der Waals surface area contributed by atoms with Crippen LogP contribution in [0.4, 0.5) is 5.69 Å². The van der Waals surface area contributed by atoms with Gasteiger partial charge in [-0.25, -0.2) is 4.98 Å². The number of hydrogen-bond acceptors (Lipinski definition) is 4. The second-order valence-corrected chi connectivity index (χ2v) is 6.45. The van der Waals surface area contributed by atoms with Crippen molar-refractivity contribution in [1.82, 2.24) is 9.88 Å². The van der Waals surface area contributed by atoms with E-state index in [2.05, 4.69) is 65.8 Å². The highest BCUT2D eigenvalue weighted by Crippen LogP contribution is 2.30. The predicted molar refractivity (Wildman–Crippen MR) is 122 cm³/mol. The first-order valence-corrected chi connectivity index (χ1v) is 9.09. The molecule has 136 valence electrons.